The molecule has 0 radical (unpaired) electrons. The van der Waals surface area contributed by atoms with Crippen LogP contribution in [0.25, 0.3) is 11.6 Å². The Labute approximate surface area is 204 Å². The van der Waals surface area contributed by atoms with Gasteiger partial charge in [0.05, 0.1) is 11.2 Å². The number of fused-ring (bicyclic) bond motifs is 1. The zero-order valence-electron chi connectivity index (χ0n) is 19.3. The second-order valence-electron chi connectivity index (χ2n) is 8.86. The summed E-state index contributed by atoms with van der Waals surface area (Å²) in [5.41, 5.74) is 5.15. The largest absolute Gasteiger partial charge is 0.363 e. The van der Waals surface area contributed by atoms with E-state index in [9.17, 15) is 9.59 Å². The number of hydrogen-bond acceptors (Lipinski definition) is 4. The molecule has 0 saturated carbocycles. The number of carbonyl (C=O) groups excluding carboxylic acids is 2. The van der Waals surface area contributed by atoms with Crippen LogP contribution in [0, 0.1) is 6.92 Å². The number of thiocarbonyl (C=S) groups is 1. The summed E-state index contributed by atoms with van der Waals surface area (Å²) in [4.78, 5) is 29.8. The van der Waals surface area contributed by atoms with E-state index in [0.29, 0.717) is 16.3 Å². The van der Waals surface area contributed by atoms with Crippen molar-refractivity contribution in [1.29, 1.82) is 0 Å². The van der Waals surface area contributed by atoms with Crippen LogP contribution in [0.3, 0.4) is 0 Å². The van der Waals surface area contributed by atoms with Crippen molar-refractivity contribution >= 4 is 63.8 Å². The van der Waals surface area contributed by atoms with Gasteiger partial charge in [-0.15, -0.1) is 0 Å². The van der Waals surface area contributed by atoms with Gasteiger partial charge in [0.25, 0.3) is 11.8 Å². The van der Waals surface area contributed by atoms with Gasteiger partial charge in [0, 0.05) is 22.8 Å². The van der Waals surface area contributed by atoms with Gasteiger partial charge in [-0.05, 0) is 87.8 Å². The SMILES string of the molecule is CCN1c2cc(Cl)c(/C=C3/C(=O)NC(=S)N(c4ccccc4C)C3=O)cc2C(C)=CC1(C)C. The molecule has 0 unspecified atom stereocenters. The van der Waals surface area contributed by atoms with Gasteiger partial charge < -0.3 is 4.90 Å². The van der Waals surface area contributed by atoms with Crippen molar-refractivity contribution in [1.82, 2.24) is 5.32 Å². The topological polar surface area (TPSA) is 52.7 Å². The predicted octanol–water partition coefficient (Wildman–Crippen LogP) is 5.50. The number of nitrogens with zero attached hydrogens (tertiary/aromatic N) is 2. The number of amides is 2. The van der Waals surface area contributed by atoms with Crippen LogP contribution in [0.15, 0.2) is 48.0 Å². The van der Waals surface area contributed by atoms with Crippen molar-refractivity contribution in [2.45, 2.75) is 40.2 Å². The Morgan fingerprint density at radius 1 is 1.12 bits per heavy atom. The quantitative estimate of drug-likeness (QED) is 0.358. The van der Waals surface area contributed by atoms with Gasteiger partial charge in [-0.1, -0.05) is 35.9 Å². The minimum Gasteiger partial charge on any atom is -0.363 e. The Morgan fingerprint density at radius 3 is 2.48 bits per heavy atom. The number of para-hydroxylation sites is 1. The van der Waals surface area contributed by atoms with Gasteiger partial charge >= 0.3 is 0 Å². The molecule has 33 heavy (non-hydrogen) atoms. The molecular formula is C26H26ClN3O2S. The third kappa shape index (κ3) is 3.98. The van der Waals surface area contributed by atoms with Crippen LogP contribution in [0.1, 0.15) is 44.4 Å². The van der Waals surface area contributed by atoms with Crippen LogP contribution < -0.4 is 15.1 Å². The van der Waals surface area contributed by atoms with Crippen molar-refractivity contribution in [3.05, 3.63) is 69.8 Å². The van der Waals surface area contributed by atoms with Crippen LogP contribution in [-0.2, 0) is 9.59 Å². The lowest BCUT2D eigenvalue weighted by atomic mass is 9.87. The molecule has 0 aliphatic carbocycles. The molecule has 4 rings (SSSR count). The molecule has 0 spiro atoms. The maximum atomic E-state index is 13.4. The Morgan fingerprint density at radius 2 is 1.82 bits per heavy atom. The molecular weight excluding hydrogens is 454 g/mol. The highest BCUT2D eigenvalue weighted by atomic mass is 35.5. The molecule has 0 bridgehead atoms. The number of hydrogen-bond donors (Lipinski definition) is 1. The van der Waals surface area contributed by atoms with E-state index in [1.807, 2.05) is 37.3 Å². The van der Waals surface area contributed by atoms with Crippen molar-refractivity contribution in [2.24, 2.45) is 0 Å². The van der Waals surface area contributed by atoms with Crippen LogP contribution in [0.2, 0.25) is 5.02 Å². The zero-order valence-corrected chi connectivity index (χ0v) is 20.9. The molecule has 5 nitrogen and oxygen atoms in total. The first-order valence-corrected chi connectivity index (χ1v) is 11.6. The van der Waals surface area contributed by atoms with Gasteiger partial charge in [-0.2, -0.15) is 0 Å². The monoisotopic (exact) mass is 479 g/mol. The average molecular weight is 480 g/mol. The molecule has 0 atom stereocenters. The second-order valence-corrected chi connectivity index (χ2v) is 9.65. The summed E-state index contributed by atoms with van der Waals surface area (Å²) < 4.78 is 0. The van der Waals surface area contributed by atoms with E-state index in [1.165, 1.54) is 4.90 Å². The lowest BCUT2D eigenvalue weighted by Gasteiger charge is -2.43. The first kappa shape index (κ1) is 23.2. The maximum Gasteiger partial charge on any atom is 0.270 e. The number of benzene rings is 2. The summed E-state index contributed by atoms with van der Waals surface area (Å²) >= 11 is 12.0. The second kappa shape index (κ2) is 8.43. The number of likely N-dealkylation sites (N-methyl/N-ethyl adjacent to an activating group) is 1. The van der Waals surface area contributed by atoms with Gasteiger partial charge in [0.2, 0.25) is 0 Å². The van der Waals surface area contributed by atoms with Crippen molar-refractivity contribution in [3.8, 4) is 0 Å². The molecule has 170 valence electrons. The molecule has 2 heterocycles. The minimum atomic E-state index is -0.535. The summed E-state index contributed by atoms with van der Waals surface area (Å²) in [6.45, 7) is 11.2. The fourth-order valence-electron chi connectivity index (χ4n) is 4.65. The molecule has 2 aromatic carbocycles. The van der Waals surface area contributed by atoms with E-state index in [4.69, 9.17) is 23.8 Å². The fraction of sp³-hybridized carbons (Fsp3) is 0.269. The van der Waals surface area contributed by atoms with Crippen LogP contribution in [0.4, 0.5) is 11.4 Å². The van der Waals surface area contributed by atoms with Crippen LogP contribution >= 0.6 is 23.8 Å². The summed E-state index contributed by atoms with van der Waals surface area (Å²) in [5.74, 6) is -1.01. The Hall–Kier alpha value is -2.96. The first-order chi connectivity index (χ1) is 15.5. The number of nitrogens with one attached hydrogen (secondary N) is 1. The molecule has 2 aliphatic rings. The standard InChI is InChI=1S/C26H26ClN3O2S/c1-6-29-22-13-20(27)17(11-18(22)16(3)14-26(29,4)5)12-19-23(31)28-25(33)30(24(19)32)21-10-8-7-9-15(21)2/h7-14H,6H2,1-5H3,(H,28,31,33)/b19-12-. The molecule has 2 aromatic rings. The van der Waals surface area contributed by atoms with Gasteiger partial charge in [-0.3, -0.25) is 19.8 Å². The summed E-state index contributed by atoms with van der Waals surface area (Å²) in [5, 5.41) is 3.18. The Bertz CT molecular complexity index is 1260. The van der Waals surface area contributed by atoms with E-state index < -0.39 is 11.8 Å². The zero-order chi connectivity index (χ0) is 24.1. The number of carbonyl (C=O) groups is 2. The lowest BCUT2D eigenvalue weighted by Crippen LogP contribution is -2.54. The molecule has 1 N–H and O–H groups in total. The first-order valence-electron chi connectivity index (χ1n) is 10.8. The minimum absolute atomic E-state index is 0.0150. The van der Waals surface area contributed by atoms with E-state index in [2.05, 4.69) is 44.0 Å². The number of rotatable bonds is 3. The lowest BCUT2D eigenvalue weighted by molar-refractivity contribution is -0.122. The summed E-state index contributed by atoms with van der Waals surface area (Å²) in [6, 6.07) is 11.3. The van der Waals surface area contributed by atoms with Crippen LogP contribution in [-0.4, -0.2) is 29.0 Å². The highest BCUT2D eigenvalue weighted by Crippen LogP contribution is 2.41. The number of anilines is 2. The normalized spacial score (nSPS) is 18.9. The molecule has 1 saturated heterocycles. The van der Waals surface area contributed by atoms with E-state index in [1.54, 1.807) is 12.1 Å². The highest BCUT2D eigenvalue weighted by molar-refractivity contribution is 7.80. The summed E-state index contributed by atoms with van der Waals surface area (Å²) in [6.07, 6.45) is 3.77. The number of allylic oxidation sites excluding steroid dienone is 1. The Balaban J connectivity index is 1.81. The fourth-order valence-corrected chi connectivity index (χ4v) is 5.14. The molecule has 2 aliphatic heterocycles. The van der Waals surface area contributed by atoms with E-state index in [0.717, 1.165) is 28.9 Å². The molecule has 7 heteroatoms. The van der Waals surface area contributed by atoms with E-state index >= 15 is 0 Å². The summed E-state index contributed by atoms with van der Waals surface area (Å²) in [7, 11) is 0. The van der Waals surface area contributed by atoms with Crippen molar-refractivity contribution in [3.63, 3.8) is 0 Å². The van der Waals surface area contributed by atoms with Gasteiger partial charge in [-0.25, -0.2) is 0 Å². The molecule has 1 fully saturated rings. The highest BCUT2D eigenvalue weighted by Gasteiger charge is 2.36. The van der Waals surface area contributed by atoms with Crippen molar-refractivity contribution < 1.29 is 9.59 Å². The smallest absolute Gasteiger partial charge is 0.270 e. The van der Waals surface area contributed by atoms with Gasteiger partial charge in [0.1, 0.15) is 5.57 Å². The van der Waals surface area contributed by atoms with Gasteiger partial charge in [0.15, 0.2) is 5.11 Å². The maximum absolute atomic E-state index is 13.4. The molecule has 2 amide bonds. The number of aryl methyl sites for hydroxylation is 1. The Kier molecular flexibility index (Phi) is 5.93. The third-order valence-corrected chi connectivity index (χ3v) is 6.78. The average Bonchev–Trinajstić information content (AvgIpc) is 2.72. The number of halogens is 1. The van der Waals surface area contributed by atoms with Crippen LogP contribution in [0.5, 0.6) is 0 Å². The predicted molar refractivity (Wildman–Crippen MR) is 140 cm³/mol. The third-order valence-electron chi connectivity index (χ3n) is 6.17. The van der Waals surface area contributed by atoms with Crippen molar-refractivity contribution in [2.75, 3.05) is 16.3 Å². The molecule has 0 aromatic heterocycles. The van der Waals surface area contributed by atoms with E-state index in [-0.39, 0.29) is 16.2 Å².